The highest BCUT2D eigenvalue weighted by Crippen LogP contribution is 2.37. The van der Waals surface area contributed by atoms with E-state index in [1.54, 1.807) is 25.0 Å². The molecule has 0 saturated carbocycles. The minimum atomic E-state index is 0.255. The van der Waals surface area contributed by atoms with E-state index in [0.29, 0.717) is 17.4 Å². The Bertz CT molecular complexity index is 902. The highest BCUT2D eigenvalue weighted by atomic mass is 127. The highest BCUT2D eigenvalue weighted by molar-refractivity contribution is 14.1. The first kappa shape index (κ1) is 18.6. The lowest BCUT2D eigenvalue weighted by molar-refractivity contribution is 0.407. The third-order valence-corrected chi connectivity index (χ3v) is 5.11. The van der Waals surface area contributed by atoms with Gasteiger partial charge in [0, 0.05) is 5.56 Å². The van der Waals surface area contributed by atoms with E-state index >= 15 is 0 Å². The molecule has 136 valence electrons. The molecule has 0 saturated heterocycles. The van der Waals surface area contributed by atoms with Crippen molar-refractivity contribution in [2.75, 3.05) is 18.2 Å². The molecule has 3 N–H and O–H groups in total. The molecule has 0 aliphatic heterocycles. The Balaban J connectivity index is 1.88. The lowest BCUT2D eigenvalue weighted by Gasteiger charge is -2.17. The summed E-state index contributed by atoms with van der Waals surface area (Å²) in [4.78, 5) is 12.5. The van der Waals surface area contributed by atoms with Gasteiger partial charge in [-0.2, -0.15) is 4.98 Å². The number of ether oxygens (including phenoxy) is 2. The van der Waals surface area contributed by atoms with Gasteiger partial charge in [-0.3, -0.25) is 4.98 Å². The second kappa shape index (κ2) is 8.04. The number of hydrogen-bond acceptors (Lipinski definition) is 8. The zero-order chi connectivity index (χ0) is 18.7. The Morgan fingerprint density at radius 3 is 2.62 bits per heavy atom. The third-order valence-electron chi connectivity index (χ3n) is 3.58. The summed E-state index contributed by atoms with van der Waals surface area (Å²) in [5, 5.41) is 3.89. The number of nitrogen functional groups attached to an aromatic ring is 1. The van der Waals surface area contributed by atoms with Gasteiger partial charge in [-0.1, -0.05) is 13.8 Å². The maximum Gasteiger partial charge on any atom is 0.230 e. The number of nitrogens with one attached hydrogen (secondary N) is 1. The molecule has 0 atom stereocenters. The first-order valence-electron chi connectivity index (χ1n) is 7.81. The van der Waals surface area contributed by atoms with Crippen LogP contribution in [0.2, 0.25) is 0 Å². The van der Waals surface area contributed by atoms with Crippen molar-refractivity contribution in [2.24, 2.45) is 0 Å². The van der Waals surface area contributed by atoms with Gasteiger partial charge in [-0.05, 0) is 40.6 Å². The lowest BCUT2D eigenvalue weighted by atomic mass is 10.0. The first-order chi connectivity index (χ1) is 12.5. The van der Waals surface area contributed by atoms with Gasteiger partial charge in [-0.25, -0.2) is 4.98 Å². The van der Waals surface area contributed by atoms with Crippen LogP contribution < -0.4 is 20.5 Å². The zero-order valence-corrected chi connectivity index (χ0v) is 17.5. The van der Waals surface area contributed by atoms with E-state index in [1.807, 2.05) is 12.1 Å². The van der Waals surface area contributed by atoms with Crippen LogP contribution in [0.15, 0.2) is 30.0 Å². The molecular formula is C17H18IN5O2S. The van der Waals surface area contributed by atoms with Gasteiger partial charge < -0.3 is 20.5 Å². The topological polar surface area (TPSA) is 95.2 Å². The Morgan fingerprint density at radius 1 is 1.19 bits per heavy atom. The van der Waals surface area contributed by atoms with Crippen LogP contribution in [0.4, 0.5) is 16.8 Å². The number of thiazole rings is 1. The van der Waals surface area contributed by atoms with Crippen LogP contribution in [0.1, 0.15) is 25.3 Å². The molecule has 0 unspecified atom stereocenters. The second-order valence-electron chi connectivity index (χ2n) is 5.72. The van der Waals surface area contributed by atoms with E-state index in [1.165, 1.54) is 11.3 Å². The SMILES string of the molecule is COc1cc(C(C)C)c(Oc2cnc(Nc3cncs3)nc2N)cc1I. The van der Waals surface area contributed by atoms with E-state index in [-0.39, 0.29) is 11.7 Å². The van der Waals surface area contributed by atoms with Crippen molar-refractivity contribution >= 4 is 50.7 Å². The van der Waals surface area contributed by atoms with Crippen molar-refractivity contribution in [1.29, 1.82) is 0 Å². The fourth-order valence-electron chi connectivity index (χ4n) is 2.28. The molecule has 0 bridgehead atoms. The smallest absolute Gasteiger partial charge is 0.230 e. The molecule has 0 aliphatic carbocycles. The van der Waals surface area contributed by atoms with Gasteiger partial charge in [0.05, 0.1) is 28.6 Å². The zero-order valence-electron chi connectivity index (χ0n) is 14.5. The minimum absolute atomic E-state index is 0.255. The average molecular weight is 483 g/mol. The third kappa shape index (κ3) is 4.15. The summed E-state index contributed by atoms with van der Waals surface area (Å²) in [6, 6.07) is 3.91. The van der Waals surface area contributed by atoms with Crippen molar-refractivity contribution in [1.82, 2.24) is 15.0 Å². The fraction of sp³-hybridized carbons (Fsp3) is 0.235. The van der Waals surface area contributed by atoms with Crippen molar-refractivity contribution in [3.05, 3.63) is 39.2 Å². The molecule has 0 spiro atoms. The Morgan fingerprint density at radius 2 is 2.00 bits per heavy atom. The molecule has 0 aliphatic rings. The lowest BCUT2D eigenvalue weighted by Crippen LogP contribution is -2.03. The molecule has 0 radical (unpaired) electrons. The number of benzene rings is 1. The van der Waals surface area contributed by atoms with E-state index in [2.05, 4.69) is 56.7 Å². The quantitative estimate of drug-likeness (QED) is 0.487. The first-order valence-corrected chi connectivity index (χ1v) is 9.77. The van der Waals surface area contributed by atoms with Crippen molar-refractivity contribution in [3.63, 3.8) is 0 Å². The number of anilines is 3. The summed E-state index contributed by atoms with van der Waals surface area (Å²) in [6.07, 6.45) is 3.26. The van der Waals surface area contributed by atoms with E-state index in [4.69, 9.17) is 15.2 Å². The summed E-state index contributed by atoms with van der Waals surface area (Å²) < 4.78 is 12.4. The normalized spacial score (nSPS) is 10.8. The maximum absolute atomic E-state index is 6.06. The molecule has 26 heavy (non-hydrogen) atoms. The highest BCUT2D eigenvalue weighted by Gasteiger charge is 2.16. The molecule has 2 heterocycles. The van der Waals surface area contributed by atoms with Crippen molar-refractivity contribution in [2.45, 2.75) is 19.8 Å². The van der Waals surface area contributed by atoms with Gasteiger partial charge in [-0.15, -0.1) is 11.3 Å². The Labute approximate surface area is 169 Å². The molecule has 7 nitrogen and oxygen atoms in total. The summed E-state index contributed by atoms with van der Waals surface area (Å²) >= 11 is 3.67. The molecule has 0 amide bonds. The summed E-state index contributed by atoms with van der Waals surface area (Å²) in [5.41, 5.74) is 8.81. The van der Waals surface area contributed by atoms with Crippen LogP contribution in [-0.2, 0) is 0 Å². The number of methoxy groups -OCH3 is 1. The van der Waals surface area contributed by atoms with Crippen LogP contribution in [0.25, 0.3) is 0 Å². The second-order valence-corrected chi connectivity index (χ2v) is 7.76. The van der Waals surface area contributed by atoms with Crippen LogP contribution >= 0.6 is 33.9 Å². The maximum atomic E-state index is 6.06. The Kier molecular flexibility index (Phi) is 5.77. The van der Waals surface area contributed by atoms with Crippen LogP contribution in [0, 0.1) is 3.57 Å². The largest absolute Gasteiger partial charge is 0.496 e. The van der Waals surface area contributed by atoms with Crippen molar-refractivity contribution in [3.8, 4) is 17.2 Å². The number of halogens is 1. The molecule has 1 aromatic carbocycles. The van der Waals surface area contributed by atoms with Crippen molar-refractivity contribution < 1.29 is 9.47 Å². The molecule has 0 fully saturated rings. The van der Waals surface area contributed by atoms with Gasteiger partial charge >= 0.3 is 0 Å². The monoisotopic (exact) mass is 483 g/mol. The molecule has 9 heteroatoms. The minimum Gasteiger partial charge on any atom is -0.496 e. The number of rotatable bonds is 6. The summed E-state index contributed by atoms with van der Waals surface area (Å²) in [5.74, 6) is 2.84. The Hall–Kier alpha value is -2.14. The van der Waals surface area contributed by atoms with Gasteiger partial charge in [0.1, 0.15) is 16.5 Å². The van der Waals surface area contributed by atoms with Gasteiger partial charge in [0.25, 0.3) is 0 Å². The van der Waals surface area contributed by atoms with E-state index < -0.39 is 0 Å². The summed E-state index contributed by atoms with van der Waals surface area (Å²) in [7, 11) is 1.66. The van der Waals surface area contributed by atoms with Crippen LogP contribution in [0.3, 0.4) is 0 Å². The molecular weight excluding hydrogens is 465 g/mol. The predicted octanol–water partition coefficient (Wildman–Crippen LogP) is 4.79. The number of nitrogens with two attached hydrogens (primary N) is 1. The number of hydrogen-bond donors (Lipinski definition) is 2. The standard InChI is InChI=1S/C17H18IN5O2S/c1-9(2)10-4-13(24-3)11(18)5-12(10)25-14-6-21-17(23-16(14)19)22-15-7-20-8-26-15/h4-9H,1-3H3,(H3,19,21,22,23). The molecule has 2 aromatic heterocycles. The summed E-state index contributed by atoms with van der Waals surface area (Å²) in [6.45, 7) is 4.19. The fourth-order valence-corrected chi connectivity index (χ4v) is 3.44. The number of nitrogens with zero attached hydrogens (tertiary/aromatic N) is 3. The van der Waals surface area contributed by atoms with Gasteiger partial charge in [0.15, 0.2) is 11.6 Å². The molecule has 3 rings (SSSR count). The number of aromatic nitrogens is 3. The predicted molar refractivity (Wildman–Crippen MR) is 112 cm³/mol. The average Bonchev–Trinajstić information content (AvgIpc) is 3.10. The van der Waals surface area contributed by atoms with Gasteiger partial charge in [0.2, 0.25) is 5.95 Å². The van der Waals surface area contributed by atoms with Crippen LogP contribution in [-0.4, -0.2) is 22.1 Å². The van der Waals surface area contributed by atoms with E-state index in [9.17, 15) is 0 Å². The van der Waals surface area contributed by atoms with E-state index in [0.717, 1.165) is 19.9 Å². The molecule has 3 aromatic rings. The van der Waals surface area contributed by atoms with Crippen LogP contribution in [0.5, 0.6) is 17.2 Å².